The first-order valence-corrected chi connectivity index (χ1v) is 6.61. The quantitative estimate of drug-likeness (QED) is 0.805. The molecule has 5 nitrogen and oxygen atoms in total. The second-order valence-electron chi connectivity index (χ2n) is 4.49. The zero-order valence-electron chi connectivity index (χ0n) is 11.7. The van der Waals surface area contributed by atoms with Crippen LogP contribution in [0.25, 0.3) is 22.3 Å². The van der Waals surface area contributed by atoms with Crippen molar-refractivity contribution in [2.75, 3.05) is 12.3 Å². The number of ether oxygens (including phenoxy) is 1. The summed E-state index contributed by atoms with van der Waals surface area (Å²) in [5.74, 6) is -1.62. The number of benzene rings is 1. The average molecular weight is 302 g/mol. The number of anilines is 1. The van der Waals surface area contributed by atoms with Crippen LogP contribution < -0.4 is 10.5 Å². The maximum Gasteiger partial charge on any atom is 0.245 e. The van der Waals surface area contributed by atoms with Crippen LogP contribution in [0.5, 0.6) is 5.88 Å². The van der Waals surface area contributed by atoms with Crippen LogP contribution in [0, 0.1) is 11.6 Å². The van der Waals surface area contributed by atoms with Crippen molar-refractivity contribution in [2.45, 2.75) is 6.92 Å². The summed E-state index contributed by atoms with van der Waals surface area (Å²) in [5.41, 5.74) is 6.74. The zero-order chi connectivity index (χ0) is 15.7. The monoisotopic (exact) mass is 302 g/mol. The lowest BCUT2D eigenvalue weighted by atomic mass is 10.1. The Balaban J connectivity index is 2.22. The van der Waals surface area contributed by atoms with Crippen LogP contribution in [0.1, 0.15) is 6.92 Å². The number of pyridine rings is 1. The summed E-state index contributed by atoms with van der Waals surface area (Å²) in [5, 5.41) is 0. The van der Waals surface area contributed by atoms with Crippen molar-refractivity contribution in [1.82, 2.24) is 15.0 Å². The number of fused-ring (bicyclic) bond motifs is 1. The number of nitrogen functional groups attached to an aromatic ring is 1. The SMILES string of the molecule is CCOc1nc(N)nc2ccc(-c3cccc(F)c3F)nc12. The van der Waals surface area contributed by atoms with Gasteiger partial charge in [-0.2, -0.15) is 4.98 Å². The first-order valence-electron chi connectivity index (χ1n) is 6.61. The molecule has 0 spiro atoms. The second-order valence-corrected chi connectivity index (χ2v) is 4.49. The zero-order valence-corrected chi connectivity index (χ0v) is 11.7. The van der Waals surface area contributed by atoms with Crippen molar-refractivity contribution in [3.05, 3.63) is 42.0 Å². The molecule has 0 fully saturated rings. The van der Waals surface area contributed by atoms with E-state index in [9.17, 15) is 8.78 Å². The molecule has 0 radical (unpaired) electrons. The molecule has 0 saturated heterocycles. The van der Waals surface area contributed by atoms with E-state index in [4.69, 9.17) is 10.5 Å². The molecule has 0 aliphatic heterocycles. The van der Waals surface area contributed by atoms with E-state index in [-0.39, 0.29) is 23.1 Å². The van der Waals surface area contributed by atoms with Gasteiger partial charge in [0.15, 0.2) is 17.2 Å². The lowest BCUT2D eigenvalue weighted by Gasteiger charge is -2.08. The molecule has 0 bridgehead atoms. The molecule has 0 unspecified atom stereocenters. The number of hydrogen-bond donors (Lipinski definition) is 1. The van der Waals surface area contributed by atoms with E-state index in [1.807, 2.05) is 0 Å². The molecule has 3 rings (SSSR count). The van der Waals surface area contributed by atoms with Crippen LogP contribution in [-0.2, 0) is 0 Å². The number of nitrogens with zero attached hydrogens (tertiary/aromatic N) is 3. The van der Waals surface area contributed by atoms with Gasteiger partial charge in [0.1, 0.15) is 0 Å². The molecule has 1 aromatic carbocycles. The molecule has 0 aliphatic rings. The topological polar surface area (TPSA) is 73.9 Å². The summed E-state index contributed by atoms with van der Waals surface area (Å²) in [6.07, 6.45) is 0. The van der Waals surface area contributed by atoms with Crippen LogP contribution in [0.15, 0.2) is 30.3 Å². The van der Waals surface area contributed by atoms with Crippen LogP contribution in [0.4, 0.5) is 14.7 Å². The molecule has 2 N–H and O–H groups in total. The van der Waals surface area contributed by atoms with Crippen molar-refractivity contribution in [3.63, 3.8) is 0 Å². The predicted octanol–water partition coefficient (Wildman–Crippen LogP) is 2.95. The molecular formula is C15H12F2N4O. The Labute approximate surface area is 124 Å². The third-order valence-corrected chi connectivity index (χ3v) is 3.04. The minimum absolute atomic E-state index is 0.0566. The molecule has 0 atom stereocenters. The molecule has 2 aromatic heterocycles. The lowest BCUT2D eigenvalue weighted by Crippen LogP contribution is -2.03. The number of rotatable bonds is 3. The van der Waals surface area contributed by atoms with Crippen molar-refractivity contribution in [1.29, 1.82) is 0 Å². The highest BCUT2D eigenvalue weighted by Gasteiger charge is 2.14. The minimum Gasteiger partial charge on any atom is -0.476 e. The smallest absolute Gasteiger partial charge is 0.245 e. The van der Waals surface area contributed by atoms with E-state index >= 15 is 0 Å². The number of halogens is 2. The number of aromatic nitrogens is 3. The van der Waals surface area contributed by atoms with Gasteiger partial charge in [-0.1, -0.05) is 6.07 Å². The van der Waals surface area contributed by atoms with Crippen LogP contribution in [0.3, 0.4) is 0 Å². The van der Waals surface area contributed by atoms with Crippen molar-refractivity contribution in [2.24, 2.45) is 0 Å². The summed E-state index contributed by atoms with van der Waals surface area (Å²) in [4.78, 5) is 12.3. The van der Waals surface area contributed by atoms with Crippen LogP contribution >= 0.6 is 0 Å². The van der Waals surface area contributed by atoms with Gasteiger partial charge in [0.25, 0.3) is 0 Å². The maximum atomic E-state index is 13.9. The van der Waals surface area contributed by atoms with Crippen molar-refractivity contribution in [3.8, 4) is 17.1 Å². The third kappa shape index (κ3) is 2.41. The van der Waals surface area contributed by atoms with Crippen molar-refractivity contribution >= 4 is 17.0 Å². The van der Waals surface area contributed by atoms with E-state index in [1.165, 1.54) is 12.1 Å². The highest BCUT2D eigenvalue weighted by molar-refractivity contribution is 5.83. The fourth-order valence-electron chi connectivity index (χ4n) is 2.09. The normalized spacial score (nSPS) is 10.9. The molecule has 112 valence electrons. The molecule has 0 saturated carbocycles. The Hall–Kier alpha value is -2.83. The third-order valence-electron chi connectivity index (χ3n) is 3.04. The first-order chi connectivity index (χ1) is 10.6. The number of hydrogen-bond acceptors (Lipinski definition) is 5. The van der Waals surface area contributed by atoms with Crippen LogP contribution in [0.2, 0.25) is 0 Å². The molecule has 0 aliphatic carbocycles. The van der Waals surface area contributed by atoms with E-state index < -0.39 is 11.6 Å². The standard InChI is InChI=1S/C15H12F2N4O/c1-2-22-14-13-11(20-15(18)21-14)7-6-10(19-13)8-4-3-5-9(16)12(8)17/h3-7H,2H2,1H3,(H2,18,20,21). The van der Waals surface area contributed by atoms with Gasteiger partial charge in [-0.05, 0) is 31.2 Å². The average Bonchev–Trinajstić information content (AvgIpc) is 2.50. The summed E-state index contributed by atoms with van der Waals surface area (Å²) in [7, 11) is 0. The molecule has 0 amide bonds. The summed E-state index contributed by atoms with van der Waals surface area (Å²) < 4.78 is 32.6. The van der Waals surface area contributed by atoms with Gasteiger partial charge < -0.3 is 10.5 Å². The molecule has 3 aromatic rings. The van der Waals surface area contributed by atoms with E-state index in [0.29, 0.717) is 17.6 Å². The van der Waals surface area contributed by atoms with Gasteiger partial charge in [-0.3, -0.25) is 0 Å². The molecule has 7 heteroatoms. The Morgan fingerprint density at radius 1 is 1.09 bits per heavy atom. The predicted molar refractivity (Wildman–Crippen MR) is 78.3 cm³/mol. The Morgan fingerprint density at radius 2 is 1.91 bits per heavy atom. The summed E-state index contributed by atoms with van der Waals surface area (Å²) in [6.45, 7) is 2.16. The molecular weight excluding hydrogens is 290 g/mol. The van der Waals surface area contributed by atoms with E-state index in [2.05, 4.69) is 15.0 Å². The highest BCUT2D eigenvalue weighted by Crippen LogP contribution is 2.27. The Kier molecular flexibility index (Phi) is 3.54. The fourth-order valence-corrected chi connectivity index (χ4v) is 2.09. The number of nitrogens with two attached hydrogens (primary N) is 1. The lowest BCUT2D eigenvalue weighted by molar-refractivity contribution is 0.330. The van der Waals surface area contributed by atoms with Gasteiger partial charge in [0.2, 0.25) is 11.8 Å². The van der Waals surface area contributed by atoms with E-state index in [0.717, 1.165) is 6.07 Å². The maximum absolute atomic E-state index is 13.9. The first kappa shape index (κ1) is 14.1. The fraction of sp³-hybridized carbons (Fsp3) is 0.133. The minimum atomic E-state index is -0.955. The Bertz CT molecular complexity index is 854. The van der Waals surface area contributed by atoms with Gasteiger partial charge >= 0.3 is 0 Å². The van der Waals surface area contributed by atoms with Gasteiger partial charge in [0, 0.05) is 5.56 Å². The largest absolute Gasteiger partial charge is 0.476 e. The van der Waals surface area contributed by atoms with Gasteiger partial charge in [-0.25, -0.2) is 18.7 Å². The van der Waals surface area contributed by atoms with Crippen molar-refractivity contribution < 1.29 is 13.5 Å². The summed E-state index contributed by atoms with van der Waals surface area (Å²) in [6, 6.07) is 7.08. The van der Waals surface area contributed by atoms with Crippen LogP contribution in [-0.4, -0.2) is 21.6 Å². The molecule has 22 heavy (non-hydrogen) atoms. The second kappa shape index (κ2) is 5.51. The highest BCUT2D eigenvalue weighted by atomic mass is 19.2. The summed E-state index contributed by atoms with van der Waals surface area (Å²) >= 11 is 0. The van der Waals surface area contributed by atoms with E-state index in [1.54, 1.807) is 19.1 Å². The Morgan fingerprint density at radius 3 is 2.68 bits per heavy atom. The van der Waals surface area contributed by atoms with Gasteiger partial charge in [0.05, 0.1) is 17.8 Å². The molecule has 2 heterocycles. The van der Waals surface area contributed by atoms with Gasteiger partial charge in [-0.15, -0.1) is 0 Å².